The van der Waals surface area contributed by atoms with Crippen LogP contribution in [0.1, 0.15) is 75.9 Å². The van der Waals surface area contributed by atoms with Crippen molar-refractivity contribution in [3.63, 3.8) is 0 Å². The largest absolute Gasteiger partial charge is 0.478 e. The summed E-state index contributed by atoms with van der Waals surface area (Å²) in [4.78, 5) is 50.4. The van der Waals surface area contributed by atoms with Crippen molar-refractivity contribution in [1.29, 1.82) is 0 Å². The number of hydrogen-bond acceptors (Lipinski definition) is 6. The quantitative estimate of drug-likeness (QED) is 0.137. The first-order valence-corrected chi connectivity index (χ1v) is 14.6. The van der Waals surface area contributed by atoms with Gasteiger partial charge in [-0.3, -0.25) is 0 Å². The van der Waals surface area contributed by atoms with Crippen LogP contribution in [0.3, 0.4) is 0 Å². The first-order chi connectivity index (χ1) is 21.2. The van der Waals surface area contributed by atoms with Crippen molar-refractivity contribution in [1.82, 2.24) is 0 Å². The Bertz CT molecular complexity index is 1700. The molecule has 9 nitrogen and oxygen atoms in total. The molecule has 0 aliphatic carbocycles. The second-order valence-corrected chi connectivity index (χ2v) is 11.1. The fourth-order valence-electron chi connectivity index (χ4n) is 5.97. The smallest absolute Gasteiger partial charge is 0.338 e. The normalized spacial score (nSPS) is 21.2. The summed E-state index contributed by atoms with van der Waals surface area (Å²) < 4.78 is 12.1. The highest BCUT2D eigenvalue weighted by atomic mass is 79.9. The third-order valence-electron chi connectivity index (χ3n) is 7.80. The number of ether oxygens (including phenoxy) is 2. The van der Waals surface area contributed by atoms with Gasteiger partial charge in [-0.15, -0.1) is 0 Å². The molecule has 44 heavy (non-hydrogen) atoms. The number of carboxylic acid groups (broad SMARTS) is 3. The van der Waals surface area contributed by atoms with E-state index in [2.05, 4.69) is 15.9 Å². The van der Waals surface area contributed by atoms with E-state index in [-0.39, 0.29) is 23.3 Å². The van der Waals surface area contributed by atoms with Gasteiger partial charge in [0, 0.05) is 17.8 Å². The van der Waals surface area contributed by atoms with Gasteiger partial charge in [0.25, 0.3) is 0 Å². The molecule has 1 saturated heterocycles. The number of carbonyl (C=O) groups is 4. The molecule has 1 aliphatic rings. The van der Waals surface area contributed by atoms with Crippen molar-refractivity contribution < 1.29 is 44.0 Å². The van der Waals surface area contributed by atoms with E-state index in [1.807, 2.05) is 0 Å². The van der Waals surface area contributed by atoms with Crippen LogP contribution in [0.25, 0.3) is 0 Å². The minimum atomic E-state index is -1.21. The van der Waals surface area contributed by atoms with Gasteiger partial charge in [0.15, 0.2) is 0 Å². The molecule has 10 heteroatoms. The average molecular weight is 659 g/mol. The summed E-state index contributed by atoms with van der Waals surface area (Å²) in [6.07, 6.45) is -0.965. The molecule has 1 fully saturated rings. The summed E-state index contributed by atoms with van der Waals surface area (Å²) in [5.74, 6) is -6.78. The molecule has 0 saturated carbocycles. The van der Waals surface area contributed by atoms with Crippen molar-refractivity contribution in [3.05, 3.63) is 142 Å². The second kappa shape index (κ2) is 13.2. The van der Waals surface area contributed by atoms with Crippen LogP contribution in [0.5, 0.6) is 0 Å². The lowest BCUT2D eigenvalue weighted by molar-refractivity contribution is -0.0704. The maximum absolute atomic E-state index is 13.0. The molecule has 0 radical (unpaired) electrons. The van der Waals surface area contributed by atoms with Gasteiger partial charge in [-0.05, 0) is 47.0 Å². The SMILES string of the molecule is O=C(OC[C@@H]1O[C@H](Br)[C@@H](c2ccccc2C(=O)O)[C@@H](c2ccccc2C(=O)O)[C@H]1c1ccccc1C(=O)O)c1ccccc1. The Kier molecular flexibility index (Phi) is 9.22. The van der Waals surface area contributed by atoms with Crippen LogP contribution >= 0.6 is 15.9 Å². The molecule has 5 atom stereocenters. The number of benzene rings is 4. The third kappa shape index (κ3) is 6.13. The van der Waals surface area contributed by atoms with E-state index >= 15 is 0 Å². The third-order valence-corrected chi connectivity index (χ3v) is 8.59. The molecule has 0 spiro atoms. The van der Waals surface area contributed by atoms with Crippen LogP contribution < -0.4 is 0 Å². The Morgan fingerprint density at radius 3 is 1.48 bits per heavy atom. The molecule has 1 aliphatic heterocycles. The zero-order valence-electron chi connectivity index (χ0n) is 23.1. The molecule has 1 heterocycles. The number of halogens is 1. The Morgan fingerprint density at radius 2 is 1.00 bits per heavy atom. The van der Waals surface area contributed by atoms with E-state index in [1.165, 1.54) is 18.2 Å². The van der Waals surface area contributed by atoms with Gasteiger partial charge in [-0.25, -0.2) is 19.2 Å². The Morgan fingerprint density at radius 1 is 0.591 bits per heavy atom. The highest BCUT2D eigenvalue weighted by Gasteiger charge is 2.50. The fraction of sp³-hybridized carbons (Fsp3) is 0.176. The highest BCUT2D eigenvalue weighted by molar-refractivity contribution is 9.09. The number of carbonyl (C=O) groups excluding carboxylic acids is 1. The minimum Gasteiger partial charge on any atom is -0.478 e. The van der Waals surface area contributed by atoms with Gasteiger partial charge in [-0.2, -0.15) is 0 Å². The number of hydrogen-bond donors (Lipinski definition) is 3. The molecule has 0 aromatic heterocycles. The van der Waals surface area contributed by atoms with Crippen molar-refractivity contribution in [2.45, 2.75) is 28.9 Å². The molecule has 5 rings (SSSR count). The molecule has 0 amide bonds. The predicted octanol–water partition coefficient (Wildman–Crippen LogP) is 6.41. The molecular formula is C34H27BrO9. The fourth-order valence-corrected chi connectivity index (χ4v) is 6.87. The van der Waals surface area contributed by atoms with Gasteiger partial charge in [0.2, 0.25) is 0 Å². The van der Waals surface area contributed by atoms with Crippen molar-refractivity contribution in [2.24, 2.45) is 0 Å². The highest BCUT2D eigenvalue weighted by Crippen LogP contribution is 2.55. The van der Waals surface area contributed by atoms with Gasteiger partial charge >= 0.3 is 23.9 Å². The van der Waals surface area contributed by atoms with Gasteiger partial charge < -0.3 is 24.8 Å². The lowest BCUT2D eigenvalue weighted by Crippen LogP contribution is -2.45. The predicted molar refractivity (Wildman–Crippen MR) is 163 cm³/mol. The van der Waals surface area contributed by atoms with Crippen LogP contribution in [0.15, 0.2) is 103 Å². The summed E-state index contributed by atoms with van der Waals surface area (Å²) in [7, 11) is 0. The lowest BCUT2D eigenvalue weighted by Gasteiger charge is -2.47. The first kappa shape index (κ1) is 30.7. The molecule has 4 aromatic rings. The maximum Gasteiger partial charge on any atom is 0.338 e. The maximum atomic E-state index is 13.0. The van der Waals surface area contributed by atoms with Crippen LogP contribution in [-0.4, -0.2) is 56.9 Å². The van der Waals surface area contributed by atoms with E-state index in [0.29, 0.717) is 22.3 Å². The van der Waals surface area contributed by atoms with Crippen molar-refractivity contribution in [3.8, 4) is 0 Å². The van der Waals surface area contributed by atoms with E-state index in [0.717, 1.165) is 0 Å². The van der Waals surface area contributed by atoms with Crippen LogP contribution in [0.2, 0.25) is 0 Å². The number of aromatic carboxylic acids is 3. The number of carboxylic acids is 3. The van der Waals surface area contributed by atoms with Crippen LogP contribution in [0, 0.1) is 0 Å². The van der Waals surface area contributed by atoms with E-state index < -0.39 is 52.7 Å². The summed E-state index contributed by atoms with van der Waals surface area (Å²) in [6, 6.07) is 27.3. The summed E-state index contributed by atoms with van der Waals surface area (Å²) in [5, 5.41) is 29.6. The van der Waals surface area contributed by atoms with Crippen LogP contribution in [0.4, 0.5) is 0 Å². The standard InChI is InChI=1S/C34H27BrO9/c35-30-29(22-14-6-9-17-25(22)33(40)41)28(21-13-5-8-16-24(21)32(38)39)27(20-12-4-7-15-23(20)31(36)37)26(44-30)18-43-34(42)19-10-2-1-3-11-19/h1-17,26-30H,18H2,(H,36,37)(H,38,39)(H,40,41)/t26-,27-,28-,29-,30-/m0/s1. The summed E-state index contributed by atoms with van der Waals surface area (Å²) >= 11 is 3.59. The minimum absolute atomic E-state index is 0.0115. The number of esters is 1. The van der Waals surface area contributed by atoms with Crippen molar-refractivity contribution in [2.75, 3.05) is 6.61 Å². The topological polar surface area (TPSA) is 147 Å². The van der Waals surface area contributed by atoms with Gasteiger partial charge in [0.1, 0.15) is 17.7 Å². The molecule has 0 unspecified atom stereocenters. The zero-order chi connectivity index (χ0) is 31.4. The average Bonchev–Trinajstić information content (AvgIpc) is 3.03. The first-order valence-electron chi connectivity index (χ1n) is 13.7. The lowest BCUT2D eigenvalue weighted by atomic mass is 9.66. The van der Waals surface area contributed by atoms with Gasteiger partial charge in [-0.1, -0.05) is 88.7 Å². The Labute approximate surface area is 260 Å². The molecule has 3 N–H and O–H groups in total. The monoisotopic (exact) mass is 658 g/mol. The zero-order valence-corrected chi connectivity index (χ0v) is 24.7. The second-order valence-electron chi connectivity index (χ2n) is 10.2. The molecule has 0 bridgehead atoms. The van der Waals surface area contributed by atoms with E-state index in [1.54, 1.807) is 84.9 Å². The summed E-state index contributed by atoms with van der Waals surface area (Å²) in [6.45, 7) is -0.298. The number of rotatable bonds is 9. The Hall–Kier alpha value is -4.80. The Balaban J connectivity index is 1.74. The van der Waals surface area contributed by atoms with Crippen molar-refractivity contribution >= 4 is 39.8 Å². The molecule has 224 valence electrons. The van der Waals surface area contributed by atoms with E-state index in [4.69, 9.17) is 9.47 Å². The molecular weight excluding hydrogens is 632 g/mol. The number of alkyl halides is 1. The van der Waals surface area contributed by atoms with Gasteiger partial charge in [0.05, 0.1) is 22.3 Å². The molecule has 4 aromatic carbocycles. The summed E-state index contributed by atoms with van der Waals surface area (Å²) in [5.41, 5.74) is 1.26. The van der Waals surface area contributed by atoms with Crippen LogP contribution in [-0.2, 0) is 9.47 Å². The van der Waals surface area contributed by atoms with E-state index in [9.17, 15) is 34.5 Å².